The molecule has 0 saturated carbocycles. The average molecular weight is 389 g/mol. The van der Waals surface area contributed by atoms with Crippen LogP contribution in [-0.4, -0.2) is 27.4 Å². The van der Waals surface area contributed by atoms with Gasteiger partial charge in [0.15, 0.2) is 0 Å². The highest BCUT2D eigenvalue weighted by atomic mass is 32.2. The third-order valence-electron chi connectivity index (χ3n) is 2.98. The summed E-state index contributed by atoms with van der Waals surface area (Å²) >= 11 is 0. The molecule has 0 aromatic heterocycles. The molecule has 0 radical (unpaired) electrons. The number of carbonyl (C=O) groups excluding carboxylic acids is 1. The van der Waals surface area contributed by atoms with E-state index in [1.165, 1.54) is 24.3 Å². The topological polar surface area (TPSA) is 81.7 Å². The number of rotatable bonds is 6. The first-order valence-electron chi connectivity index (χ1n) is 7.26. The number of hydrogen-bond donors (Lipinski definition) is 1. The average Bonchev–Trinajstić information content (AvgIpc) is 2.53. The Kier molecular flexibility index (Phi) is 5.76. The smallest absolute Gasteiger partial charge is 0.462 e. The van der Waals surface area contributed by atoms with Gasteiger partial charge in [0.25, 0.3) is 10.0 Å². The van der Waals surface area contributed by atoms with Crippen molar-refractivity contribution in [1.82, 2.24) is 0 Å². The number of anilines is 1. The van der Waals surface area contributed by atoms with Crippen LogP contribution in [-0.2, 0) is 14.8 Å². The van der Waals surface area contributed by atoms with Crippen LogP contribution in [0, 0.1) is 0 Å². The maximum Gasteiger partial charge on any atom is 0.573 e. The minimum Gasteiger partial charge on any atom is -0.462 e. The van der Waals surface area contributed by atoms with Crippen molar-refractivity contribution in [1.29, 1.82) is 0 Å². The standard InChI is InChI=1S/C16H14F3NO5S/c1-2-24-15(21)11-5-3-6-12(9-11)20-26(22,23)14-8-4-7-13(10-14)25-16(17,18)19/h3-10,20H,2H2,1H3. The van der Waals surface area contributed by atoms with Crippen LogP contribution in [0.4, 0.5) is 18.9 Å². The Bertz CT molecular complexity index is 897. The molecule has 0 spiro atoms. The largest absolute Gasteiger partial charge is 0.573 e. The van der Waals surface area contributed by atoms with Crippen molar-refractivity contribution in [2.75, 3.05) is 11.3 Å². The van der Waals surface area contributed by atoms with E-state index in [1.807, 2.05) is 0 Å². The van der Waals surface area contributed by atoms with Gasteiger partial charge in [-0.25, -0.2) is 13.2 Å². The molecule has 26 heavy (non-hydrogen) atoms. The van der Waals surface area contributed by atoms with E-state index in [9.17, 15) is 26.4 Å². The first-order chi connectivity index (χ1) is 12.1. The Morgan fingerprint density at radius 3 is 2.46 bits per heavy atom. The number of alkyl halides is 3. The fourth-order valence-electron chi connectivity index (χ4n) is 1.98. The maximum absolute atomic E-state index is 12.4. The molecule has 10 heteroatoms. The molecule has 1 N–H and O–H groups in total. The van der Waals surface area contributed by atoms with Crippen LogP contribution in [0.5, 0.6) is 5.75 Å². The Morgan fingerprint density at radius 2 is 1.81 bits per heavy atom. The van der Waals surface area contributed by atoms with E-state index in [0.29, 0.717) is 0 Å². The van der Waals surface area contributed by atoms with Crippen molar-refractivity contribution in [3.05, 3.63) is 54.1 Å². The lowest BCUT2D eigenvalue weighted by molar-refractivity contribution is -0.274. The molecule has 0 atom stereocenters. The Balaban J connectivity index is 2.25. The Labute approximate surface area is 147 Å². The van der Waals surface area contributed by atoms with Crippen molar-refractivity contribution >= 4 is 21.7 Å². The first kappa shape index (κ1) is 19.6. The predicted octanol–water partition coefficient (Wildman–Crippen LogP) is 3.56. The molecule has 2 aromatic rings. The quantitative estimate of drug-likeness (QED) is 0.764. The summed E-state index contributed by atoms with van der Waals surface area (Å²) in [4.78, 5) is 11.3. The number of hydrogen-bond acceptors (Lipinski definition) is 5. The van der Waals surface area contributed by atoms with Gasteiger partial charge in [-0.05, 0) is 37.3 Å². The molecule has 0 heterocycles. The molecular weight excluding hydrogens is 375 g/mol. The van der Waals surface area contributed by atoms with E-state index in [-0.39, 0.29) is 17.9 Å². The third-order valence-corrected chi connectivity index (χ3v) is 4.35. The highest BCUT2D eigenvalue weighted by Gasteiger charge is 2.31. The van der Waals surface area contributed by atoms with Gasteiger partial charge >= 0.3 is 12.3 Å². The summed E-state index contributed by atoms with van der Waals surface area (Å²) in [5.74, 6) is -1.30. The maximum atomic E-state index is 12.4. The molecule has 0 aliphatic rings. The van der Waals surface area contributed by atoms with Gasteiger partial charge in [-0.2, -0.15) is 0 Å². The number of benzene rings is 2. The molecule has 6 nitrogen and oxygen atoms in total. The monoisotopic (exact) mass is 389 g/mol. The molecule has 0 aliphatic heterocycles. The first-order valence-corrected chi connectivity index (χ1v) is 8.75. The van der Waals surface area contributed by atoms with Gasteiger partial charge in [0.1, 0.15) is 5.75 Å². The Hall–Kier alpha value is -2.75. The van der Waals surface area contributed by atoms with Crippen LogP contribution >= 0.6 is 0 Å². The molecule has 0 fully saturated rings. The molecule has 0 aliphatic carbocycles. The number of ether oxygens (including phenoxy) is 2. The minimum absolute atomic E-state index is 0.0534. The number of esters is 1. The second-order valence-electron chi connectivity index (χ2n) is 4.93. The van der Waals surface area contributed by atoms with Gasteiger partial charge in [-0.1, -0.05) is 12.1 Å². The van der Waals surface area contributed by atoms with E-state index < -0.39 is 33.0 Å². The van der Waals surface area contributed by atoms with Crippen LogP contribution in [0.3, 0.4) is 0 Å². The summed E-state index contributed by atoms with van der Waals surface area (Å²) in [6.07, 6.45) is -4.94. The van der Waals surface area contributed by atoms with Crippen LogP contribution in [0.15, 0.2) is 53.4 Å². The lowest BCUT2D eigenvalue weighted by Gasteiger charge is -2.12. The van der Waals surface area contributed by atoms with Crippen molar-refractivity contribution < 1.29 is 35.9 Å². The predicted molar refractivity (Wildman–Crippen MR) is 86.3 cm³/mol. The minimum atomic E-state index is -4.94. The van der Waals surface area contributed by atoms with E-state index in [2.05, 4.69) is 9.46 Å². The van der Waals surface area contributed by atoms with Gasteiger partial charge < -0.3 is 9.47 Å². The van der Waals surface area contributed by atoms with Gasteiger partial charge in [0, 0.05) is 11.8 Å². The lowest BCUT2D eigenvalue weighted by atomic mass is 10.2. The molecular formula is C16H14F3NO5S. The zero-order valence-corrected chi connectivity index (χ0v) is 14.2. The molecule has 140 valence electrons. The fraction of sp³-hybridized carbons (Fsp3) is 0.188. The second kappa shape index (κ2) is 7.65. The molecule has 0 unspecified atom stereocenters. The second-order valence-corrected chi connectivity index (χ2v) is 6.61. The van der Waals surface area contributed by atoms with Crippen LogP contribution in [0.2, 0.25) is 0 Å². The molecule has 0 saturated heterocycles. The summed E-state index contributed by atoms with van der Waals surface area (Å²) in [6, 6.07) is 9.47. The van der Waals surface area contributed by atoms with E-state index in [4.69, 9.17) is 4.74 Å². The van der Waals surface area contributed by atoms with E-state index in [0.717, 1.165) is 24.3 Å². The normalized spacial score (nSPS) is 11.7. The van der Waals surface area contributed by atoms with Gasteiger partial charge in [0.2, 0.25) is 0 Å². The summed E-state index contributed by atoms with van der Waals surface area (Å²) in [5.41, 5.74) is 0.180. The Morgan fingerprint density at radius 1 is 1.12 bits per heavy atom. The van der Waals surface area contributed by atoms with Crippen LogP contribution in [0.1, 0.15) is 17.3 Å². The summed E-state index contributed by atoms with van der Waals surface area (Å²) in [5, 5.41) is 0. The number of carbonyl (C=O) groups is 1. The third kappa shape index (κ3) is 5.38. The van der Waals surface area contributed by atoms with Crippen molar-refractivity contribution in [2.24, 2.45) is 0 Å². The van der Waals surface area contributed by atoms with Crippen LogP contribution in [0.25, 0.3) is 0 Å². The van der Waals surface area contributed by atoms with Gasteiger partial charge in [-0.15, -0.1) is 13.2 Å². The van der Waals surface area contributed by atoms with Gasteiger partial charge in [0.05, 0.1) is 17.1 Å². The molecule has 0 amide bonds. The van der Waals surface area contributed by atoms with Gasteiger partial charge in [-0.3, -0.25) is 4.72 Å². The summed E-state index contributed by atoms with van der Waals surface area (Å²) in [7, 11) is -4.20. The highest BCUT2D eigenvalue weighted by molar-refractivity contribution is 7.92. The van der Waals surface area contributed by atoms with E-state index in [1.54, 1.807) is 6.92 Å². The van der Waals surface area contributed by atoms with Crippen LogP contribution < -0.4 is 9.46 Å². The van der Waals surface area contributed by atoms with Crippen molar-refractivity contribution in [3.8, 4) is 5.75 Å². The van der Waals surface area contributed by atoms with E-state index >= 15 is 0 Å². The fourth-order valence-corrected chi connectivity index (χ4v) is 3.06. The SMILES string of the molecule is CCOC(=O)c1cccc(NS(=O)(=O)c2cccc(OC(F)(F)F)c2)c1. The lowest BCUT2D eigenvalue weighted by Crippen LogP contribution is -2.18. The summed E-state index contributed by atoms with van der Waals surface area (Å²) in [6.45, 7) is 1.78. The summed E-state index contributed by atoms with van der Waals surface area (Å²) < 4.78 is 72.3. The number of halogens is 3. The zero-order valence-electron chi connectivity index (χ0n) is 13.4. The molecule has 2 rings (SSSR count). The zero-order chi connectivity index (χ0) is 19.4. The molecule has 2 aromatic carbocycles. The molecule has 0 bridgehead atoms. The van der Waals surface area contributed by atoms with Crippen molar-refractivity contribution in [2.45, 2.75) is 18.2 Å². The number of nitrogens with one attached hydrogen (secondary N) is 1. The van der Waals surface area contributed by atoms with Crippen molar-refractivity contribution in [3.63, 3.8) is 0 Å². The highest BCUT2D eigenvalue weighted by Crippen LogP contribution is 2.26. The number of sulfonamides is 1.